The number of ether oxygens (including phenoxy) is 1. The predicted octanol–water partition coefficient (Wildman–Crippen LogP) is 2.83. The summed E-state index contributed by atoms with van der Waals surface area (Å²) in [5, 5.41) is 5.25. The van der Waals surface area contributed by atoms with E-state index in [9.17, 15) is 18.4 Å². The molecule has 0 aliphatic carbocycles. The maximum atomic E-state index is 13.0. The minimum atomic E-state index is -0.387. The molecule has 8 heteroatoms. The van der Waals surface area contributed by atoms with E-state index in [1.165, 1.54) is 42.5 Å². The smallest absolute Gasteiger partial charge is 0.234 e. The number of carbonyl (C=O) groups excluding carboxylic acids is 2. The summed E-state index contributed by atoms with van der Waals surface area (Å²) in [5.74, 6) is -0.652. The first-order chi connectivity index (χ1) is 12.5. The summed E-state index contributed by atoms with van der Waals surface area (Å²) in [6, 6.07) is 11.2. The molecular formula is C18H18F2N2O3S. The maximum Gasteiger partial charge on any atom is 0.234 e. The molecule has 5 nitrogen and oxygen atoms in total. The lowest BCUT2D eigenvalue weighted by Gasteiger charge is -2.08. The second-order valence-corrected chi connectivity index (χ2v) is 6.19. The molecule has 0 fully saturated rings. The Labute approximate surface area is 154 Å². The SMILES string of the molecule is O=C(CSCC(=O)Nc1ccc(F)cc1)NCCOc1cccc(F)c1. The fraction of sp³-hybridized carbons (Fsp3) is 0.222. The van der Waals surface area contributed by atoms with Crippen LogP contribution in [-0.4, -0.2) is 36.5 Å². The molecule has 138 valence electrons. The first-order valence-electron chi connectivity index (χ1n) is 7.81. The van der Waals surface area contributed by atoms with E-state index in [-0.39, 0.29) is 48.1 Å². The van der Waals surface area contributed by atoms with Crippen molar-refractivity contribution in [1.29, 1.82) is 0 Å². The van der Waals surface area contributed by atoms with E-state index in [0.717, 1.165) is 11.8 Å². The van der Waals surface area contributed by atoms with Gasteiger partial charge in [0.25, 0.3) is 0 Å². The van der Waals surface area contributed by atoms with Gasteiger partial charge in [-0.2, -0.15) is 0 Å². The van der Waals surface area contributed by atoms with Crippen molar-refractivity contribution in [1.82, 2.24) is 5.32 Å². The summed E-state index contributed by atoms with van der Waals surface area (Å²) in [6.45, 7) is 0.489. The van der Waals surface area contributed by atoms with Gasteiger partial charge in [-0.1, -0.05) is 6.07 Å². The van der Waals surface area contributed by atoms with Gasteiger partial charge < -0.3 is 15.4 Å². The third-order valence-electron chi connectivity index (χ3n) is 3.08. The number of nitrogens with one attached hydrogen (secondary N) is 2. The first kappa shape index (κ1) is 19.7. The molecule has 2 aromatic carbocycles. The lowest BCUT2D eigenvalue weighted by atomic mass is 10.3. The van der Waals surface area contributed by atoms with E-state index >= 15 is 0 Å². The zero-order valence-corrected chi connectivity index (χ0v) is 14.7. The van der Waals surface area contributed by atoms with Gasteiger partial charge >= 0.3 is 0 Å². The molecule has 0 heterocycles. The van der Waals surface area contributed by atoms with Gasteiger partial charge in [-0.15, -0.1) is 11.8 Å². The highest BCUT2D eigenvalue weighted by atomic mass is 32.2. The highest BCUT2D eigenvalue weighted by molar-refractivity contribution is 8.00. The van der Waals surface area contributed by atoms with Crippen LogP contribution in [0.1, 0.15) is 0 Å². The van der Waals surface area contributed by atoms with Crippen LogP contribution < -0.4 is 15.4 Å². The topological polar surface area (TPSA) is 67.4 Å². The summed E-state index contributed by atoms with van der Waals surface area (Å²) in [6.07, 6.45) is 0. The highest BCUT2D eigenvalue weighted by Gasteiger charge is 2.06. The molecule has 0 radical (unpaired) electrons. The van der Waals surface area contributed by atoms with E-state index in [1.54, 1.807) is 6.07 Å². The number of amides is 2. The number of hydrogen-bond donors (Lipinski definition) is 2. The van der Waals surface area contributed by atoms with Crippen LogP contribution in [0.4, 0.5) is 14.5 Å². The van der Waals surface area contributed by atoms with E-state index in [1.807, 2.05) is 0 Å². The molecule has 0 atom stereocenters. The summed E-state index contributed by atoms with van der Waals surface area (Å²) in [4.78, 5) is 23.4. The van der Waals surface area contributed by atoms with Gasteiger partial charge in [-0.25, -0.2) is 8.78 Å². The fourth-order valence-corrected chi connectivity index (χ4v) is 2.58. The van der Waals surface area contributed by atoms with Crippen molar-refractivity contribution in [3.05, 3.63) is 60.2 Å². The standard InChI is InChI=1S/C18H18F2N2O3S/c19-13-4-6-15(7-5-13)22-18(24)12-26-11-17(23)21-8-9-25-16-3-1-2-14(20)10-16/h1-7,10H,8-9,11-12H2,(H,21,23)(H,22,24). The Kier molecular flexibility index (Phi) is 7.88. The zero-order chi connectivity index (χ0) is 18.8. The van der Waals surface area contributed by atoms with Gasteiger partial charge in [0, 0.05) is 11.8 Å². The van der Waals surface area contributed by atoms with Crippen LogP contribution in [0.25, 0.3) is 0 Å². The molecule has 26 heavy (non-hydrogen) atoms. The monoisotopic (exact) mass is 380 g/mol. The normalized spacial score (nSPS) is 10.2. The summed E-state index contributed by atoms with van der Waals surface area (Å²) in [7, 11) is 0. The average Bonchev–Trinajstić information content (AvgIpc) is 2.61. The first-order valence-corrected chi connectivity index (χ1v) is 8.96. The predicted molar refractivity (Wildman–Crippen MR) is 97.3 cm³/mol. The highest BCUT2D eigenvalue weighted by Crippen LogP contribution is 2.11. The van der Waals surface area contributed by atoms with Crippen LogP contribution >= 0.6 is 11.8 Å². The Morgan fingerprint density at radius 2 is 1.69 bits per heavy atom. The van der Waals surface area contributed by atoms with Crippen LogP contribution in [-0.2, 0) is 9.59 Å². The number of anilines is 1. The second-order valence-electron chi connectivity index (χ2n) is 5.20. The molecule has 0 aliphatic rings. The minimum absolute atomic E-state index is 0.102. The molecule has 2 aromatic rings. The third kappa shape index (κ3) is 7.52. The lowest BCUT2D eigenvalue weighted by molar-refractivity contribution is -0.118. The number of thioether (sulfide) groups is 1. The van der Waals surface area contributed by atoms with E-state index in [2.05, 4.69) is 10.6 Å². The van der Waals surface area contributed by atoms with Gasteiger partial charge in [0.1, 0.15) is 24.0 Å². The molecule has 0 aliphatic heterocycles. The number of benzene rings is 2. The number of carbonyl (C=O) groups is 2. The molecule has 2 N–H and O–H groups in total. The average molecular weight is 380 g/mol. The van der Waals surface area contributed by atoms with Gasteiger partial charge in [-0.3, -0.25) is 9.59 Å². The van der Waals surface area contributed by atoms with Crippen molar-refractivity contribution in [3.8, 4) is 5.75 Å². The zero-order valence-electron chi connectivity index (χ0n) is 13.8. The minimum Gasteiger partial charge on any atom is -0.492 e. The van der Waals surface area contributed by atoms with Crippen molar-refractivity contribution in [3.63, 3.8) is 0 Å². The molecule has 0 bridgehead atoms. The number of halogens is 2. The largest absolute Gasteiger partial charge is 0.492 e. The molecule has 0 saturated carbocycles. The van der Waals surface area contributed by atoms with Crippen molar-refractivity contribution in [2.24, 2.45) is 0 Å². The van der Waals surface area contributed by atoms with E-state index in [0.29, 0.717) is 11.4 Å². The fourth-order valence-electron chi connectivity index (χ4n) is 1.93. The Balaban J connectivity index is 1.55. The summed E-state index contributed by atoms with van der Waals surface area (Å²) in [5.41, 5.74) is 0.496. The van der Waals surface area contributed by atoms with Crippen molar-refractivity contribution in [2.75, 3.05) is 30.0 Å². The Hall–Kier alpha value is -2.61. The maximum absolute atomic E-state index is 13.0. The lowest BCUT2D eigenvalue weighted by Crippen LogP contribution is -2.30. The molecule has 2 amide bonds. The quantitative estimate of drug-likeness (QED) is 0.657. The van der Waals surface area contributed by atoms with Crippen molar-refractivity contribution < 1.29 is 23.1 Å². The number of rotatable bonds is 9. The van der Waals surface area contributed by atoms with Gasteiger partial charge in [0.2, 0.25) is 11.8 Å². The van der Waals surface area contributed by atoms with Crippen LogP contribution in [0, 0.1) is 11.6 Å². The molecular weight excluding hydrogens is 362 g/mol. The molecule has 0 spiro atoms. The molecule has 0 unspecified atom stereocenters. The van der Waals surface area contributed by atoms with Crippen LogP contribution in [0.5, 0.6) is 5.75 Å². The summed E-state index contributed by atoms with van der Waals surface area (Å²) < 4.78 is 31.0. The Morgan fingerprint density at radius 3 is 2.42 bits per heavy atom. The van der Waals surface area contributed by atoms with Crippen LogP contribution in [0.2, 0.25) is 0 Å². The molecule has 0 saturated heterocycles. The van der Waals surface area contributed by atoms with Gasteiger partial charge in [-0.05, 0) is 36.4 Å². The van der Waals surface area contributed by atoms with Crippen LogP contribution in [0.3, 0.4) is 0 Å². The van der Waals surface area contributed by atoms with Gasteiger partial charge in [0.15, 0.2) is 0 Å². The van der Waals surface area contributed by atoms with E-state index < -0.39 is 0 Å². The number of hydrogen-bond acceptors (Lipinski definition) is 4. The van der Waals surface area contributed by atoms with E-state index in [4.69, 9.17) is 4.74 Å². The van der Waals surface area contributed by atoms with Crippen LogP contribution in [0.15, 0.2) is 48.5 Å². The third-order valence-corrected chi connectivity index (χ3v) is 4.02. The second kappa shape index (κ2) is 10.4. The van der Waals surface area contributed by atoms with Gasteiger partial charge in [0.05, 0.1) is 18.1 Å². The van der Waals surface area contributed by atoms with Crippen molar-refractivity contribution >= 4 is 29.3 Å². The Bertz CT molecular complexity index is 741. The van der Waals surface area contributed by atoms with Crippen molar-refractivity contribution in [2.45, 2.75) is 0 Å². The molecule has 2 rings (SSSR count). The summed E-state index contributed by atoms with van der Waals surface area (Å²) >= 11 is 1.16. The molecule has 0 aromatic heterocycles. The Morgan fingerprint density at radius 1 is 0.962 bits per heavy atom.